The Bertz CT molecular complexity index is 996. The number of hydrogen-bond donors (Lipinski definition) is 3. The van der Waals surface area contributed by atoms with Gasteiger partial charge in [0.1, 0.15) is 17.3 Å². The molecular formula is C17H16F3N7O. The van der Waals surface area contributed by atoms with E-state index < -0.39 is 17.8 Å². The number of hydrogen-bond acceptors (Lipinski definition) is 5. The van der Waals surface area contributed by atoms with Gasteiger partial charge in [0.2, 0.25) is 0 Å². The van der Waals surface area contributed by atoms with E-state index in [1.54, 1.807) is 4.90 Å². The Kier molecular flexibility index (Phi) is 4.49. The molecule has 1 saturated heterocycles. The van der Waals surface area contributed by atoms with Gasteiger partial charge in [0.25, 0.3) is 5.92 Å². The number of H-pyrrole nitrogens is 1. The summed E-state index contributed by atoms with van der Waals surface area (Å²) in [6.45, 7) is 0.389. The van der Waals surface area contributed by atoms with E-state index in [0.717, 1.165) is 6.20 Å². The summed E-state index contributed by atoms with van der Waals surface area (Å²) in [5.41, 5.74) is 0.797. The normalized spacial score (nSPS) is 16.2. The molecule has 0 bridgehead atoms. The maximum absolute atomic E-state index is 13.3. The lowest BCUT2D eigenvalue weighted by Crippen LogP contribution is -2.39. The van der Waals surface area contributed by atoms with Crippen molar-refractivity contribution in [2.24, 2.45) is 0 Å². The van der Waals surface area contributed by atoms with Crippen LogP contribution in [0.4, 0.5) is 35.3 Å². The van der Waals surface area contributed by atoms with E-state index in [-0.39, 0.29) is 31.7 Å². The number of anilines is 3. The van der Waals surface area contributed by atoms with Crippen LogP contribution in [0.2, 0.25) is 0 Å². The first-order valence-corrected chi connectivity index (χ1v) is 8.55. The number of pyridine rings is 1. The van der Waals surface area contributed by atoms with Crippen LogP contribution in [-0.2, 0) is 0 Å². The number of rotatable bonds is 3. The highest BCUT2D eigenvalue weighted by Gasteiger charge is 2.34. The van der Waals surface area contributed by atoms with E-state index in [1.165, 1.54) is 24.7 Å². The van der Waals surface area contributed by atoms with Gasteiger partial charge in [-0.15, -0.1) is 0 Å². The summed E-state index contributed by atoms with van der Waals surface area (Å²) in [6, 6.07) is 0.662. The molecule has 146 valence electrons. The number of nitrogens with zero attached hydrogens (tertiary/aromatic N) is 4. The van der Waals surface area contributed by atoms with E-state index >= 15 is 0 Å². The van der Waals surface area contributed by atoms with Gasteiger partial charge in [0, 0.05) is 37.5 Å². The number of aromatic amines is 1. The maximum Gasteiger partial charge on any atom is 0.324 e. The van der Waals surface area contributed by atoms with Crippen molar-refractivity contribution in [2.75, 3.05) is 28.6 Å². The van der Waals surface area contributed by atoms with E-state index in [0.29, 0.717) is 22.5 Å². The molecule has 0 aliphatic carbocycles. The molecule has 1 aliphatic heterocycles. The Hall–Kier alpha value is -3.37. The molecule has 0 saturated carbocycles. The fourth-order valence-electron chi connectivity index (χ4n) is 2.96. The molecule has 8 nitrogen and oxygen atoms in total. The SMILES string of the molecule is O=C(Nc1cnc(N2CCC(F)(F)CC2)cn1)Nc1c[nH]c2ncc(F)cc12. The summed E-state index contributed by atoms with van der Waals surface area (Å²) in [5, 5.41) is 5.52. The summed E-state index contributed by atoms with van der Waals surface area (Å²) >= 11 is 0. The largest absolute Gasteiger partial charge is 0.355 e. The highest BCUT2D eigenvalue weighted by atomic mass is 19.3. The zero-order valence-corrected chi connectivity index (χ0v) is 14.5. The number of amides is 2. The molecule has 2 amide bonds. The minimum atomic E-state index is -2.63. The molecule has 0 spiro atoms. The third kappa shape index (κ3) is 3.82. The van der Waals surface area contributed by atoms with Gasteiger partial charge in [-0.2, -0.15) is 0 Å². The molecule has 3 aromatic rings. The van der Waals surface area contributed by atoms with Gasteiger partial charge in [-0.1, -0.05) is 0 Å². The highest BCUT2D eigenvalue weighted by molar-refractivity contribution is 6.04. The summed E-state index contributed by atoms with van der Waals surface area (Å²) < 4.78 is 39.8. The van der Waals surface area contributed by atoms with E-state index in [4.69, 9.17) is 0 Å². The molecule has 11 heteroatoms. The Morgan fingerprint density at radius 3 is 2.61 bits per heavy atom. The molecule has 1 fully saturated rings. The Morgan fingerprint density at radius 1 is 1.11 bits per heavy atom. The van der Waals surface area contributed by atoms with Crippen LogP contribution in [0.15, 0.2) is 30.9 Å². The predicted molar refractivity (Wildman–Crippen MR) is 97.1 cm³/mol. The van der Waals surface area contributed by atoms with Crippen LogP contribution in [0.25, 0.3) is 11.0 Å². The molecule has 1 aliphatic rings. The number of nitrogens with one attached hydrogen (secondary N) is 3. The third-order valence-corrected chi connectivity index (χ3v) is 4.44. The minimum absolute atomic E-state index is 0.188. The molecule has 0 radical (unpaired) electrons. The van der Waals surface area contributed by atoms with Crippen molar-refractivity contribution in [1.29, 1.82) is 0 Å². The fraction of sp³-hybridized carbons (Fsp3) is 0.294. The number of alkyl halides is 2. The van der Waals surface area contributed by atoms with Gasteiger partial charge in [0.15, 0.2) is 5.82 Å². The van der Waals surface area contributed by atoms with Crippen LogP contribution in [0.3, 0.4) is 0 Å². The van der Waals surface area contributed by atoms with E-state index in [9.17, 15) is 18.0 Å². The van der Waals surface area contributed by atoms with Crippen LogP contribution < -0.4 is 15.5 Å². The molecule has 0 aromatic carbocycles. The van der Waals surface area contributed by atoms with Crippen LogP contribution in [-0.4, -0.2) is 45.0 Å². The molecule has 3 aromatic heterocycles. The summed E-state index contributed by atoms with van der Waals surface area (Å²) in [4.78, 5) is 28.8. The Labute approximate surface area is 157 Å². The van der Waals surface area contributed by atoms with Gasteiger partial charge in [-0.05, 0) is 6.07 Å². The molecule has 3 N–H and O–H groups in total. The van der Waals surface area contributed by atoms with E-state index in [2.05, 4.69) is 30.6 Å². The zero-order valence-electron chi connectivity index (χ0n) is 14.5. The predicted octanol–water partition coefficient (Wildman–Crippen LogP) is 3.37. The minimum Gasteiger partial charge on any atom is -0.355 e. The maximum atomic E-state index is 13.3. The fourth-order valence-corrected chi connectivity index (χ4v) is 2.96. The van der Waals surface area contributed by atoms with Crippen molar-refractivity contribution in [3.63, 3.8) is 0 Å². The van der Waals surface area contributed by atoms with E-state index in [1.807, 2.05) is 0 Å². The van der Waals surface area contributed by atoms with Gasteiger partial charge in [0.05, 0.1) is 24.3 Å². The number of carbonyl (C=O) groups is 1. The first kappa shape index (κ1) is 18.0. The molecule has 4 rings (SSSR count). The standard InChI is InChI=1S/C17H16F3N7O/c18-10-5-11-12(7-24-15(11)23-6-10)25-16(28)26-13-8-22-14(9-21-13)27-3-1-17(19,20)2-4-27/h5-9H,1-4H2,(H,23,24)(H2,21,25,26,28). The van der Waals surface area contributed by atoms with Gasteiger partial charge in [-0.3, -0.25) is 5.32 Å². The highest BCUT2D eigenvalue weighted by Crippen LogP contribution is 2.29. The number of urea groups is 1. The molecular weight excluding hydrogens is 375 g/mol. The number of halogens is 3. The summed E-state index contributed by atoms with van der Waals surface area (Å²) in [7, 11) is 0. The summed E-state index contributed by atoms with van der Waals surface area (Å²) in [6.07, 6.45) is 4.89. The molecule has 4 heterocycles. The smallest absolute Gasteiger partial charge is 0.324 e. The number of aromatic nitrogens is 4. The second-order valence-corrected chi connectivity index (χ2v) is 6.43. The molecule has 0 atom stereocenters. The van der Waals surface area contributed by atoms with Crippen LogP contribution in [0.1, 0.15) is 12.8 Å². The van der Waals surface area contributed by atoms with Crippen molar-refractivity contribution in [3.05, 3.63) is 36.7 Å². The molecule has 28 heavy (non-hydrogen) atoms. The number of fused-ring (bicyclic) bond motifs is 1. The van der Waals surface area contributed by atoms with Crippen molar-refractivity contribution >= 4 is 34.4 Å². The number of carbonyl (C=O) groups excluding carboxylic acids is 1. The van der Waals surface area contributed by atoms with Gasteiger partial charge < -0.3 is 15.2 Å². The van der Waals surface area contributed by atoms with Crippen molar-refractivity contribution in [3.8, 4) is 0 Å². The topological polar surface area (TPSA) is 98.8 Å². The Morgan fingerprint density at radius 2 is 1.89 bits per heavy atom. The third-order valence-electron chi connectivity index (χ3n) is 4.44. The second kappa shape index (κ2) is 6.98. The lowest BCUT2D eigenvalue weighted by molar-refractivity contribution is -0.0221. The van der Waals surface area contributed by atoms with Crippen LogP contribution in [0.5, 0.6) is 0 Å². The quantitative estimate of drug-likeness (QED) is 0.636. The monoisotopic (exact) mass is 391 g/mol. The van der Waals surface area contributed by atoms with Crippen LogP contribution in [0, 0.1) is 5.82 Å². The van der Waals surface area contributed by atoms with Crippen LogP contribution >= 0.6 is 0 Å². The lowest BCUT2D eigenvalue weighted by atomic mass is 10.1. The summed E-state index contributed by atoms with van der Waals surface area (Å²) in [5.74, 6) is -2.50. The van der Waals surface area contributed by atoms with Crippen molar-refractivity contribution < 1.29 is 18.0 Å². The average molecular weight is 391 g/mol. The molecule has 0 unspecified atom stereocenters. The number of piperidine rings is 1. The average Bonchev–Trinajstić information content (AvgIpc) is 3.04. The van der Waals surface area contributed by atoms with Crippen molar-refractivity contribution in [2.45, 2.75) is 18.8 Å². The second-order valence-electron chi connectivity index (χ2n) is 6.43. The zero-order chi connectivity index (χ0) is 19.7. The van der Waals surface area contributed by atoms with Crippen molar-refractivity contribution in [1.82, 2.24) is 19.9 Å². The lowest BCUT2D eigenvalue weighted by Gasteiger charge is -2.32. The van der Waals surface area contributed by atoms with Gasteiger partial charge in [-0.25, -0.2) is 32.9 Å². The van der Waals surface area contributed by atoms with Gasteiger partial charge >= 0.3 is 6.03 Å². The first-order valence-electron chi connectivity index (χ1n) is 8.55. The Balaban J connectivity index is 1.39. The first-order chi connectivity index (χ1) is 13.4.